The van der Waals surface area contributed by atoms with Gasteiger partial charge in [-0.05, 0) is 30.5 Å². The zero-order valence-electron chi connectivity index (χ0n) is 9.37. The Kier molecular flexibility index (Phi) is 3.35. The first kappa shape index (κ1) is 12.3. The SMILES string of the molecule is CC1CC1C(=O)Nc1ccc(C(N)=S)cc1Cl. The van der Waals surface area contributed by atoms with E-state index >= 15 is 0 Å². The number of halogens is 1. The van der Waals surface area contributed by atoms with E-state index in [9.17, 15) is 4.79 Å². The van der Waals surface area contributed by atoms with Crippen LogP contribution < -0.4 is 11.1 Å². The first-order valence-corrected chi connectivity index (χ1v) is 6.18. The van der Waals surface area contributed by atoms with Crippen molar-refractivity contribution in [2.75, 3.05) is 5.32 Å². The lowest BCUT2D eigenvalue weighted by Crippen LogP contribution is -2.15. The predicted molar refractivity (Wildman–Crippen MR) is 73.2 cm³/mol. The Balaban J connectivity index is 2.11. The Morgan fingerprint density at radius 1 is 1.59 bits per heavy atom. The fraction of sp³-hybridized carbons (Fsp3) is 0.333. The molecule has 5 heteroatoms. The molecule has 0 spiro atoms. The summed E-state index contributed by atoms with van der Waals surface area (Å²) in [6, 6.07) is 5.14. The average Bonchev–Trinajstić information content (AvgIpc) is 2.98. The number of nitrogens with one attached hydrogen (secondary N) is 1. The monoisotopic (exact) mass is 268 g/mol. The smallest absolute Gasteiger partial charge is 0.227 e. The van der Waals surface area contributed by atoms with Gasteiger partial charge >= 0.3 is 0 Å². The van der Waals surface area contributed by atoms with Gasteiger partial charge in [-0.15, -0.1) is 0 Å². The van der Waals surface area contributed by atoms with Gasteiger partial charge in [-0.2, -0.15) is 0 Å². The van der Waals surface area contributed by atoms with Crippen molar-refractivity contribution < 1.29 is 4.79 Å². The van der Waals surface area contributed by atoms with Gasteiger partial charge in [-0.25, -0.2) is 0 Å². The van der Waals surface area contributed by atoms with Crippen LogP contribution in [0, 0.1) is 11.8 Å². The lowest BCUT2D eigenvalue weighted by molar-refractivity contribution is -0.117. The summed E-state index contributed by atoms with van der Waals surface area (Å²) in [6.45, 7) is 2.06. The number of carbonyl (C=O) groups is 1. The molecule has 3 N–H and O–H groups in total. The van der Waals surface area contributed by atoms with Crippen molar-refractivity contribution in [2.45, 2.75) is 13.3 Å². The molecule has 2 rings (SSSR count). The second kappa shape index (κ2) is 4.63. The minimum atomic E-state index is 0.0301. The van der Waals surface area contributed by atoms with Gasteiger partial charge in [0.25, 0.3) is 0 Å². The Morgan fingerprint density at radius 3 is 2.71 bits per heavy atom. The van der Waals surface area contributed by atoms with E-state index < -0.39 is 0 Å². The molecule has 0 heterocycles. The molecular formula is C12H13ClN2OS. The molecule has 1 aromatic carbocycles. The summed E-state index contributed by atoms with van der Waals surface area (Å²) in [5, 5.41) is 3.27. The van der Waals surface area contributed by atoms with Gasteiger partial charge in [0.2, 0.25) is 5.91 Å². The highest BCUT2D eigenvalue weighted by atomic mass is 35.5. The second-order valence-corrected chi connectivity index (χ2v) is 5.21. The van der Waals surface area contributed by atoms with Crippen LogP contribution in [0.3, 0.4) is 0 Å². The fourth-order valence-corrected chi connectivity index (χ4v) is 2.04. The Morgan fingerprint density at radius 2 is 2.24 bits per heavy atom. The van der Waals surface area contributed by atoms with E-state index in [4.69, 9.17) is 29.6 Å². The number of rotatable bonds is 3. The number of thiocarbonyl (C=S) groups is 1. The van der Waals surface area contributed by atoms with Gasteiger partial charge in [0.15, 0.2) is 0 Å². The van der Waals surface area contributed by atoms with Crippen molar-refractivity contribution in [2.24, 2.45) is 17.6 Å². The molecule has 2 atom stereocenters. The molecule has 0 aromatic heterocycles. The first-order valence-electron chi connectivity index (χ1n) is 5.39. The van der Waals surface area contributed by atoms with Crippen LogP contribution in [0.4, 0.5) is 5.69 Å². The van der Waals surface area contributed by atoms with Crippen molar-refractivity contribution >= 4 is 40.4 Å². The van der Waals surface area contributed by atoms with Crippen LogP contribution in [0.25, 0.3) is 0 Å². The molecule has 1 saturated carbocycles. The van der Waals surface area contributed by atoms with Crippen LogP contribution in [-0.2, 0) is 4.79 Å². The van der Waals surface area contributed by atoms with Crippen molar-refractivity contribution in [3.63, 3.8) is 0 Å². The third kappa shape index (κ3) is 2.76. The van der Waals surface area contributed by atoms with Crippen molar-refractivity contribution in [3.05, 3.63) is 28.8 Å². The summed E-state index contributed by atoms with van der Waals surface area (Å²) in [6.07, 6.45) is 0.953. The van der Waals surface area contributed by atoms with E-state index in [-0.39, 0.29) is 11.8 Å². The van der Waals surface area contributed by atoms with Crippen LogP contribution >= 0.6 is 23.8 Å². The van der Waals surface area contributed by atoms with Crippen molar-refractivity contribution in [1.29, 1.82) is 0 Å². The van der Waals surface area contributed by atoms with Crippen LogP contribution in [0.2, 0.25) is 5.02 Å². The summed E-state index contributed by atoms with van der Waals surface area (Å²) in [4.78, 5) is 12.0. The van der Waals surface area contributed by atoms with E-state index in [1.807, 2.05) is 0 Å². The molecule has 17 heavy (non-hydrogen) atoms. The van der Waals surface area contributed by atoms with E-state index in [0.717, 1.165) is 6.42 Å². The number of anilines is 1. The van der Waals surface area contributed by atoms with E-state index in [0.29, 0.717) is 27.2 Å². The van der Waals surface area contributed by atoms with Gasteiger partial charge in [-0.1, -0.05) is 30.7 Å². The quantitative estimate of drug-likeness (QED) is 0.829. The molecule has 3 nitrogen and oxygen atoms in total. The maximum atomic E-state index is 11.7. The molecule has 1 amide bonds. The maximum Gasteiger partial charge on any atom is 0.227 e. The summed E-state index contributed by atoms with van der Waals surface area (Å²) in [5.41, 5.74) is 6.80. The Hall–Kier alpha value is -1.13. The Bertz CT molecular complexity index is 489. The average molecular weight is 269 g/mol. The highest BCUT2D eigenvalue weighted by molar-refractivity contribution is 7.80. The van der Waals surface area contributed by atoms with Crippen LogP contribution in [0.15, 0.2) is 18.2 Å². The number of amides is 1. The predicted octanol–water partition coefficient (Wildman–Crippen LogP) is 2.57. The molecule has 1 aliphatic carbocycles. The standard InChI is InChI=1S/C12H13ClN2OS/c1-6-4-8(6)12(16)15-10-3-2-7(11(14)17)5-9(10)13/h2-3,5-6,8H,4H2,1H3,(H2,14,17)(H,15,16). The minimum absolute atomic E-state index is 0.0301. The normalized spacial score (nSPS) is 22.0. The summed E-state index contributed by atoms with van der Waals surface area (Å²) >= 11 is 10.9. The minimum Gasteiger partial charge on any atom is -0.389 e. The van der Waals surface area contributed by atoms with Crippen molar-refractivity contribution in [1.82, 2.24) is 0 Å². The summed E-state index contributed by atoms with van der Waals surface area (Å²) in [5.74, 6) is 0.633. The first-order chi connectivity index (χ1) is 7.99. The molecule has 1 fully saturated rings. The van der Waals surface area contributed by atoms with Gasteiger partial charge in [0.05, 0.1) is 10.7 Å². The third-order valence-corrected chi connectivity index (χ3v) is 3.51. The van der Waals surface area contributed by atoms with Gasteiger partial charge in [-0.3, -0.25) is 4.79 Å². The van der Waals surface area contributed by atoms with Crippen LogP contribution in [0.5, 0.6) is 0 Å². The van der Waals surface area contributed by atoms with Gasteiger partial charge < -0.3 is 11.1 Å². The zero-order valence-corrected chi connectivity index (χ0v) is 10.9. The highest BCUT2D eigenvalue weighted by Gasteiger charge is 2.39. The lowest BCUT2D eigenvalue weighted by Gasteiger charge is -2.08. The van der Waals surface area contributed by atoms with E-state index in [1.165, 1.54) is 0 Å². The number of nitrogens with two attached hydrogens (primary N) is 1. The summed E-state index contributed by atoms with van der Waals surface area (Å²) in [7, 11) is 0. The molecule has 0 radical (unpaired) electrons. The molecule has 1 aliphatic rings. The van der Waals surface area contributed by atoms with Crippen LogP contribution in [-0.4, -0.2) is 10.9 Å². The largest absolute Gasteiger partial charge is 0.389 e. The maximum absolute atomic E-state index is 11.7. The van der Waals surface area contributed by atoms with Crippen LogP contribution in [0.1, 0.15) is 18.9 Å². The molecule has 0 saturated heterocycles. The number of hydrogen-bond acceptors (Lipinski definition) is 2. The fourth-order valence-electron chi connectivity index (χ4n) is 1.68. The summed E-state index contributed by atoms with van der Waals surface area (Å²) < 4.78 is 0. The number of benzene rings is 1. The molecule has 1 aromatic rings. The van der Waals surface area contributed by atoms with Crippen molar-refractivity contribution in [3.8, 4) is 0 Å². The lowest BCUT2D eigenvalue weighted by atomic mass is 10.2. The number of carbonyl (C=O) groups excluding carboxylic acids is 1. The molecular weight excluding hydrogens is 256 g/mol. The molecule has 0 aliphatic heterocycles. The third-order valence-electron chi connectivity index (χ3n) is 2.96. The van der Waals surface area contributed by atoms with Gasteiger partial charge in [0, 0.05) is 11.5 Å². The molecule has 90 valence electrons. The number of hydrogen-bond donors (Lipinski definition) is 2. The second-order valence-electron chi connectivity index (χ2n) is 4.37. The molecule has 2 unspecified atom stereocenters. The molecule has 0 bridgehead atoms. The Labute approximate surface area is 110 Å². The highest BCUT2D eigenvalue weighted by Crippen LogP contribution is 2.39. The van der Waals surface area contributed by atoms with E-state index in [1.54, 1.807) is 18.2 Å². The zero-order chi connectivity index (χ0) is 12.6. The van der Waals surface area contributed by atoms with E-state index in [2.05, 4.69) is 12.2 Å². The van der Waals surface area contributed by atoms with Gasteiger partial charge in [0.1, 0.15) is 4.99 Å². The topological polar surface area (TPSA) is 55.1 Å².